The minimum absolute atomic E-state index is 0.120. The zero-order valence-corrected chi connectivity index (χ0v) is 9.57. The Bertz CT molecular complexity index is 534. The molecule has 0 atom stereocenters. The minimum Gasteiger partial charge on any atom is -0.351 e. The van der Waals surface area contributed by atoms with Crippen molar-refractivity contribution in [3.8, 4) is 0 Å². The fourth-order valence-corrected chi connectivity index (χ4v) is 1.75. The van der Waals surface area contributed by atoms with Gasteiger partial charge in [0.1, 0.15) is 13.3 Å². The summed E-state index contributed by atoms with van der Waals surface area (Å²) >= 11 is 0. The first kappa shape index (κ1) is 12.9. The van der Waals surface area contributed by atoms with Gasteiger partial charge in [0.05, 0.1) is 0 Å². The largest absolute Gasteiger partial charge is 0.411 e. The van der Waals surface area contributed by atoms with Crippen LogP contribution in [0.1, 0.15) is 5.56 Å². The van der Waals surface area contributed by atoms with Crippen LogP contribution < -0.4 is 5.73 Å². The van der Waals surface area contributed by atoms with Crippen LogP contribution in [0.5, 0.6) is 0 Å². The van der Waals surface area contributed by atoms with Crippen LogP contribution in [0.3, 0.4) is 0 Å². The van der Waals surface area contributed by atoms with Gasteiger partial charge in [-0.1, -0.05) is 6.07 Å². The molecule has 2 N–H and O–H groups in total. The molecule has 1 aromatic carbocycles. The van der Waals surface area contributed by atoms with E-state index in [4.69, 9.17) is 5.73 Å². The van der Waals surface area contributed by atoms with Crippen molar-refractivity contribution in [3.63, 3.8) is 0 Å². The molecule has 0 fully saturated rings. The smallest absolute Gasteiger partial charge is 0.351 e. The van der Waals surface area contributed by atoms with E-state index in [-0.39, 0.29) is 6.73 Å². The number of nitrogens with zero attached hydrogens (tertiary/aromatic N) is 1. The number of hydrogen-bond donors (Lipinski definition) is 1. The maximum atomic E-state index is 11.9. The predicted molar refractivity (Wildman–Crippen MR) is 61.8 cm³/mol. The second-order valence-corrected chi connectivity index (χ2v) is 3.98. The third-order valence-corrected chi connectivity index (χ3v) is 2.57. The van der Waals surface area contributed by atoms with Gasteiger partial charge in [0.2, 0.25) is 0 Å². The van der Waals surface area contributed by atoms with Crippen molar-refractivity contribution in [3.05, 3.63) is 36.0 Å². The first-order valence-corrected chi connectivity index (χ1v) is 5.42. The Balaban J connectivity index is 2.10. The molecule has 3 nitrogen and oxygen atoms in total. The van der Waals surface area contributed by atoms with E-state index in [1.54, 1.807) is 10.8 Å². The lowest BCUT2D eigenvalue weighted by Gasteiger charge is -2.09. The van der Waals surface area contributed by atoms with Crippen LogP contribution in [0, 0.1) is 0 Å². The zero-order chi connectivity index (χ0) is 13.2. The Morgan fingerprint density at radius 1 is 1.22 bits per heavy atom. The molecule has 0 aliphatic rings. The first-order valence-electron chi connectivity index (χ1n) is 5.42. The summed E-state index contributed by atoms with van der Waals surface area (Å²) in [5.74, 6) is 0. The molecule has 0 radical (unpaired) electrons. The van der Waals surface area contributed by atoms with Crippen molar-refractivity contribution in [2.75, 3.05) is 6.61 Å². The van der Waals surface area contributed by atoms with E-state index in [0.717, 1.165) is 16.5 Å². The van der Waals surface area contributed by atoms with Gasteiger partial charge in [0, 0.05) is 18.3 Å². The van der Waals surface area contributed by atoms with E-state index in [1.165, 1.54) is 0 Å². The Morgan fingerprint density at radius 3 is 2.67 bits per heavy atom. The second kappa shape index (κ2) is 4.99. The van der Waals surface area contributed by atoms with Crippen molar-refractivity contribution in [2.24, 2.45) is 5.73 Å². The molecule has 18 heavy (non-hydrogen) atoms. The van der Waals surface area contributed by atoms with Crippen LogP contribution in [0.4, 0.5) is 13.2 Å². The maximum Gasteiger partial charge on any atom is 0.411 e. The van der Waals surface area contributed by atoms with Crippen molar-refractivity contribution < 1.29 is 17.9 Å². The molecule has 0 aliphatic heterocycles. The summed E-state index contributed by atoms with van der Waals surface area (Å²) in [6.07, 6.45) is -2.60. The third kappa shape index (κ3) is 3.02. The molecular weight excluding hydrogens is 245 g/mol. The standard InChI is InChI=1S/C12H13F3N2O/c13-12(14,15)7-18-8-17-4-3-10-5-9(6-16)1-2-11(10)17/h1-5H,6-8,16H2. The molecule has 98 valence electrons. The molecule has 1 aromatic heterocycles. The fraction of sp³-hybridized carbons (Fsp3) is 0.333. The maximum absolute atomic E-state index is 11.9. The summed E-state index contributed by atoms with van der Waals surface area (Å²) in [6, 6.07) is 7.41. The monoisotopic (exact) mass is 258 g/mol. The SMILES string of the molecule is NCc1ccc2c(ccn2COCC(F)(F)F)c1. The lowest BCUT2D eigenvalue weighted by Crippen LogP contribution is -2.18. The number of benzene rings is 1. The molecule has 1 heterocycles. The van der Waals surface area contributed by atoms with E-state index in [9.17, 15) is 13.2 Å². The Kier molecular flexibility index (Phi) is 3.58. The van der Waals surface area contributed by atoms with Crippen molar-refractivity contribution >= 4 is 10.9 Å². The molecule has 0 saturated heterocycles. The van der Waals surface area contributed by atoms with Crippen LogP contribution >= 0.6 is 0 Å². The van der Waals surface area contributed by atoms with E-state index in [1.807, 2.05) is 24.3 Å². The first-order chi connectivity index (χ1) is 8.49. The minimum atomic E-state index is -4.30. The molecule has 0 amide bonds. The van der Waals surface area contributed by atoms with E-state index < -0.39 is 12.8 Å². The summed E-state index contributed by atoms with van der Waals surface area (Å²) in [7, 11) is 0. The molecule has 0 aliphatic carbocycles. The normalized spacial score (nSPS) is 12.2. The number of alkyl halides is 3. The molecule has 2 aromatic rings. The van der Waals surface area contributed by atoms with Gasteiger partial charge in [0.25, 0.3) is 0 Å². The number of aromatic nitrogens is 1. The Morgan fingerprint density at radius 2 is 2.00 bits per heavy atom. The van der Waals surface area contributed by atoms with Gasteiger partial charge in [0.15, 0.2) is 0 Å². The number of ether oxygens (including phenoxy) is 1. The quantitative estimate of drug-likeness (QED) is 0.915. The van der Waals surface area contributed by atoms with Crippen LogP contribution in [0.15, 0.2) is 30.5 Å². The zero-order valence-electron chi connectivity index (χ0n) is 9.57. The highest BCUT2D eigenvalue weighted by molar-refractivity contribution is 5.80. The molecule has 6 heteroatoms. The summed E-state index contributed by atoms with van der Waals surface area (Å²) in [6.45, 7) is -0.926. The van der Waals surface area contributed by atoms with Gasteiger partial charge < -0.3 is 15.0 Å². The summed E-state index contributed by atoms with van der Waals surface area (Å²) in [5, 5.41) is 0.938. The average molecular weight is 258 g/mol. The van der Waals surface area contributed by atoms with Gasteiger partial charge in [-0.25, -0.2) is 0 Å². The Hall–Kier alpha value is -1.53. The predicted octanol–water partition coefficient (Wildman–Crippen LogP) is 2.64. The number of hydrogen-bond acceptors (Lipinski definition) is 2. The van der Waals surface area contributed by atoms with Gasteiger partial charge >= 0.3 is 6.18 Å². The van der Waals surface area contributed by atoms with Crippen LogP contribution in [0.25, 0.3) is 10.9 Å². The number of rotatable bonds is 4. The van der Waals surface area contributed by atoms with Crippen molar-refractivity contribution in [1.29, 1.82) is 0 Å². The van der Waals surface area contributed by atoms with Crippen LogP contribution in [0.2, 0.25) is 0 Å². The van der Waals surface area contributed by atoms with Crippen LogP contribution in [-0.4, -0.2) is 17.4 Å². The lowest BCUT2D eigenvalue weighted by atomic mass is 10.1. The lowest BCUT2D eigenvalue weighted by molar-refractivity contribution is -0.181. The van der Waals surface area contributed by atoms with Gasteiger partial charge in [-0.05, 0) is 29.1 Å². The molecule has 0 bridgehead atoms. The summed E-state index contributed by atoms with van der Waals surface area (Å²) in [5.41, 5.74) is 7.33. The Labute approximate surface area is 102 Å². The number of halogens is 3. The van der Waals surface area contributed by atoms with Crippen molar-refractivity contribution in [1.82, 2.24) is 4.57 Å². The van der Waals surface area contributed by atoms with Gasteiger partial charge in [-0.2, -0.15) is 13.2 Å². The highest BCUT2D eigenvalue weighted by atomic mass is 19.4. The summed E-state index contributed by atoms with van der Waals surface area (Å²) in [4.78, 5) is 0. The molecule has 0 saturated carbocycles. The fourth-order valence-electron chi connectivity index (χ4n) is 1.75. The summed E-state index contributed by atoms with van der Waals surface area (Å²) < 4.78 is 42.1. The number of fused-ring (bicyclic) bond motifs is 1. The highest BCUT2D eigenvalue weighted by Crippen LogP contribution is 2.19. The molecule has 0 unspecified atom stereocenters. The van der Waals surface area contributed by atoms with Crippen molar-refractivity contribution in [2.45, 2.75) is 19.5 Å². The van der Waals surface area contributed by atoms with Gasteiger partial charge in [-0.3, -0.25) is 0 Å². The topological polar surface area (TPSA) is 40.2 Å². The van der Waals surface area contributed by atoms with Gasteiger partial charge in [-0.15, -0.1) is 0 Å². The van der Waals surface area contributed by atoms with E-state index >= 15 is 0 Å². The molecule has 0 spiro atoms. The third-order valence-electron chi connectivity index (χ3n) is 2.57. The van der Waals surface area contributed by atoms with E-state index in [2.05, 4.69) is 4.74 Å². The van der Waals surface area contributed by atoms with E-state index in [0.29, 0.717) is 6.54 Å². The molecule has 2 rings (SSSR count). The highest BCUT2D eigenvalue weighted by Gasteiger charge is 2.27. The average Bonchev–Trinajstić information content (AvgIpc) is 2.70. The molecular formula is C12H13F3N2O. The second-order valence-electron chi connectivity index (χ2n) is 3.98. The number of nitrogens with two attached hydrogens (primary N) is 1. The van der Waals surface area contributed by atoms with Crippen LogP contribution in [-0.2, 0) is 18.0 Å².